The molecule has 1 atom stereocenters. The number of carbonyl (C=O) groups is 3. The molecule has 5 aliphatic heterocycles. The third-order valence-corrected chi connectivity index (χ3v) is 19.7. The highest BCUT2D eigenvalue weighted by molar-refractivity contribution is 7.91. The van der Waals surface area contributed by atoms with E-state index in [1.807, 2.05) is 14.7 Å². The largest absolute Gasteiger partial charge is 0.381 e. The number of pyridine rings is 3. The van der Waals surface area contributed by atoms with Crippen molar-refractivity contribution in [2.45, 2.75) is 43.4 Å². The highest BCUT2D eigenvalue weighted by atomic mass is 32.2. The number of fused-ring (bicyclic) bond motifs is 3. The smallest absolute Gasteiger partial charge is 0.263 e. The number of hydrogen-bond acceptors (Lipinski definition) is 24. The Morgan fingerprint density at radius 3 is 1.47 bits per heavy atom. The van der Waals surface area contributed by atoms with E-state index in [-0.39, 0.29) is 85.0 Å². The fourth-order valence-electron chi connectivity index (χ4n) is 12.9. The van der Waals surface area contributed by atoms with Gasteiger partial charge in [-0.1, -0.05) is 6.58 Å². The molecule has 9 N–H and O–H groups in total. The Morgan fingerprint density at radius 2 is 0.990 bits per heavy atom. The summed E-state index contributed by atoms with van der Waals surface area (Å²) in [5, 5.41) is 19.6. The van der Waals surface area contributed by atoms with Gasteiger partial charge in [0.15, 0.2) is 63.5 Å². The Morgan fingerprint density at radius 1 is 0.551 bits per heavy atom. The first-order valence-corrected chi connectivity index (χ1v) is 33.4. The molecule has 0 spiro atoms. The van der Waals surface area contributed by atoms with Crippen molar-refractivity contribution in [1.82, 2.24) is 73.4 Å². The second kappa shape index (κ2) is 28.7. The van der Waals surface area contributed by atoms with Gasteiger partial charge in [-0.15, -0.1) is 15.3 Å². The van der Waals surface area contributed by atoms with Gasteiger partial charge < -0.3 is 62.4 Å². The molecule has 0 saturated carbocycles. The number of nitrogens with two attached hydrogens (primary N) is 3. The molecule has 30 nitrogen and oxygen atoms in total. The molecule has 14 rings (SSSR count). The van der Waals surface area contributed by atoms with Gasteiger partial charge in [0.25, 0.3) is 17.7 Å². The average Bonchev–Trinajstić information content (AvgIpc) is 1.57. The molecule has 5 fully saturated rings. The summed E-state index contributed by atoms with van der Waals surface area (Å²) in [6.07, 6.45) is 19.2. The number of piperazine rings is 1. The zero-order valence-electron chi connectivity index (χ0n) is 53.4. The molecule has 9 aromatic heterocycles. The molecular weight excluding hydrogens is 1300 g/mol. The molecule has 36 heteroatoms. The number of aromatic nitrogens is 12. The number of likely N-dealkylation sites (N-methyl/N-ethyl adjacent to an activating group) is 1. The van der Waals surface area contributed by atoms with Gasteiger partial charge in [0, 0.05) is 109 Å². The Labute approximate surface area is 557 Å². The van der Waals surface area contributed by atoms with E-state index in [2.05, 4.69) is 89.5 Å². The van der Waals surface area contributed by atoms with Gasteiger partial charge in [0.2, 0.25) is 0 Å². The number of rotatable bonds is 13. The lowest BCUT2D eigenvalue weighted by atomic mass is 10.0. The predicted octanol–water partition coefficient (Wildman–Crippen LogP) is 4.47. The standard InChI is InChI=1S/C23H27F2N9O.C21H24F2N8O2.C18H20FN7O3S/c1-14(32-7-5-31(2)6-8-32)15-3-4-33(12-15)20-17(25)10-27-11-18(20)29-23(35)19-21(26)30-34-13-16(24)9-28-22(19)34;22-13-9-26-20-17(19(24)28-31(20)12-13)21(32)27-16-11-25-10-15(23)18(16)30-3-1-14(2-4-30)29-5-7-33-8-6-29;1-30(28,29)12-3-6-25(7-4-12)14-2-5-21-9-13(14)23-18(27)15-16(20)24-26-10-11(19)8-22-17(15)26/h9-11,13,15H,1,3-8,12H2,2H3,(H2,26,30)(H,29,35);9-12,14H,1-8H2,(H2,24,28)(H,27,32);2,5,8-10,12H,3-4,6-7H2,1H3,(H2,20,24)(H,23,27). The molecule has 0 radical (unpaired) electrons. The fraction of sp³-hybridized carbons (Fsp3) is 0.387. The summed E-state index contributed by atoms with van der Waals surface area (Å²) in [6, 6.07) is 2.18. The van der Waals surface area contributed by atoms with Crippen LogP contribution in [-0.2, 0) is 14.6 Å². The first kappa shape index (κ1) is 67.5. The molecule has 5 saturated heterocycles. The van der Waals surface area contributed by atoms with Gasteiger partial charge in [-0.05, 0) is 45.2 Å². The Bertz CT molecular complexity index is 4590. The van der Waals surface area contributed by atoms with E-state index in [9.17, 15) is 40.4 Å². The maximum atomic E-state index is 15.0. The number of anilines is 9. The number of nitrogen functional groups attached to an aromatic ring is 3. The summed E-state index contributed by atoms with van der Waals surface area (Å²) in [5.41, 5.74) is 21.2. The summed E-state index contributed by atoms with van der Waals surface area (Å²) in [7, 11) is -0.979. The second-order valence-electron chi connectivity index (χ2n) is 24.3. The number of piperidine rings is 2. The first-order valence-electron chi connectivity index (χ1n) is 31.5. The van der Waals surface area contributed by atoms with Gasteiger partial charge in [-0.2, -0.15) is 0 Å². The average molecular weight is 1380 g/mol. The summed E-state index contributed by atoms with van der Waals surface area (Å²) >= 11 is 0. The highest BCUT2D eigenvalue weighted by Crippen LogP contribution is 2.38. The zero-order valence-corrected chi connectivity index (χ0v) is 54.2. The highest BCUT2D eigenvalue weighted by Gasteiger charge is 2.35. The molecule has 3 amide bonds. The van der Waals surface area contributed by atoms with E-state index in [1.165, 1.54) is 24.8 Å². The number of nitrogens with zero attached hydrogens (tertiary/aromatic N) is 18. The Hall–Kier alpha value is -10.5. The predicted molar refractivity (Wildman–Crippen MR) is 355 cm³/mol. The number of hydrogen-bond donors (Lipinski definition) is 6. The number of sulfone groups is 1. The number of ether oxygens (including phenoxy) is 1. The van der Waals surface area contributed by atoms with Gasteiger partial charge in [0.1, 0.15) is 37.9 Å². The molecule has 0 aromatic carbocycles. The van der Waals surface area contributed by atoms with Crippen LogP contribution in [-0.4, -0.2) is 216 Å². The van der Waals surface area contributed by atoms with Crippen molar-refractivity contribution in [3.63, 3.8) is 0 Å². The monoisotopic (exact) mass is 1370 g/mol. The quantitative estimate of drug-likeness (QED) is 0.0867. The first-order chi connectivity index (χ1) is 47.1. The normalized spacial score (nSPS) is 17.6. The third-order valence-electron chi connectivity index (χ3n) is 18.0. The summed E-state index contributed by atoms with van der Waals surface area (Å²) in [6.45, 7) is 15.0. The van der Waals surface area contributed by atoms with Crippen molar-refractivity contribution >= 4 is 96.1 Å². The topological polar surface area (TPSA) is 357 Å². The molecular formula is C62H71F5N24O6S. The van der Waals surface area contributed by atoms with Crippen molar-refractivity contribution in [1.29, 1.82) is 0 Å². The van der Waals surface area contributed by atoms with E-state index in [0.717, 1.165) is 146 Å². The van der Waals surface area contributed by atoms with Crippen LogP contribution in [0.2, 0.25) is 0 Å². The van der Waals surface area contributed by atoms with Crippen LogP contribution < -0.4 is 47.9 Å². The van der Waals surface area contributed by atoms with E-state index in [0.29, 0.717) is 63.8 Å². The minimum atomic E-state index is -3.08. The summed E-state index contributed by atoms with van der Waals surface area (Å²) in [4.78, 5) is 75.6. The molecule has 14 heterocycles. The van der Waals surface area contributed by atoms with Crippen LogP contribution in [0.25, 0.3) is 16.9 Å². The minimum absolute atomic E-state index is 0.0174. The van der Waals surface area contributed by atoms with Gasteiger partial charge in [-0.25, -0.2) is 58.9 Å². The lowest BCUT2D eigenvalue weighted by molar-refractivity contribution is 0.0115. The van der Waals surface area contributed by atoms with Crippen LogP contribution in [0.5, 0.6) is 0 Å². The van der Waals surface area contributed by atoms with Crippen LogP contribution in [0, 0.1) is 35.0 Å². The van der Waals surface area contributed by atoms with Crippen molar-refractivity contribution in [3.8, 4) is 0 Å². The van der Waals surface area contributed by atoms with E-state index in [1.54, 1.807) is 12.3 Å². The molecule has 0 aliphatic carbocycles. The number of morpholine rings is 1. The van der Waals surface area contributed by atoms with Crippen molar-refractivity contribution in [3.05, 3.63) is 138 Å². The summed E-state index contributed by atoms with van der Waals surface area (Å²) < 4.78 is 103. The Kier molecular flexibility index (Phi) is 19.8. The van der Waals surface area contributed by atoms with Crippen LogP contribution in [0.15, 0.2) is 92.7 Å². The number of nitrogens with one attached hydrogen (secondary N) is 3. The molecule has 1 unspecified atom stereocenters. The lowest BCUT2D eigenvalue weighted by Crippen LogP contribution is -2.49. The summed E-state index contributed by atoms with van der Waals surface area (Å²) in [5.74, 6) is -4.84. The molecule has 516 valence electrons. The molecule has 98 heavy (non-hydrogen) atoms. The fourth-order valence-corrected chi connectivity index (χ4v) is 14.0. The SMILES string of the molecule is C=C(C1CCN(c2c(F)cncc2NC(=O)c2c(N)nn3cc(F)cnc23)C1)N1CCN(C)CC1.CS(=O)(=O)C1CCN(c2ccncc2NC(=O)c2c(N)nn3cc(F)cnc23)CC1.Nc1nn2cc(F)cnc2c1C(=O)Nc1cncc(F)c1N1CCC(N2CCOCC2)CC1. The molecule has 0 bridgehead atoms. The van der Waals surface area contributed by atoms with Crippen molar-refractivity contribution in [2.24, 2.45) is 5.92 Å². The van der Waals surface area contributed by atoms with Gasteiger partial charge in [-0.3, -0.25) is 34.2 Å². The maximum absolute atomic E-state index is 15.0. The van der Waals surface area contributed by atoms with Crippen molar-refractivity contribution < 1.29 is 49.5 Å². The number of amides is 3. The molecule has 9 aromatic rings. The minimum Gasteiger partial charge on any atom is -0.381 e. The second-order valence-corrected chi connectivity index (χ2v) is 26.6. The van der Waals surface area contributed by atoms with Crippen LogP contribution >= 0.6 is 0 Å². The zero-order chi connectivity index (χ0) is 69.1. The third kappa shape index (κ3) is 14.6. The van der Waals surface area contributed by atoms with E-state index >= 15 is 4.39 Å². The van der Waals surface area contributed by atoms with Crippen molar-refractivity contribution in [2.75, 3.05) is 153 Å². The maximum Gasteiger partial charge on any atom is 0.263 e. The van der Waals surface area contributed by atoms with E-state index < -0.39 is 56.6 Å². The lowest BCUT2D eigenvalue weighted by Gasteiger charge is -2.41. The van der Waals surface area contributed by atoms with Crippen LogP contribution in [0.3, 0.4) is 0 Å². The van der Waals surface area contributed by atoms with Crippen LogP contribution in [0.4, 0.5) is 73.5 Å². The number of carbonyl (C=O) groups excluding carboxylic acids is 3. The van der Waals surface area contributed by atoms with Crippen LogP contribution in [0.1, 0.15) is 63.2 Å². The number of halogens is 5. The van der Waals surface area contributed by atoms with Gasteiger partial charge >= 0.3 is 0 Å². The van der Waals surface area contributed by atoms with Gasteiger partial charge in [0.05, 0.1) is 109 Å². The van der Waals surface area contributed by atoms with E-state index in [4.69, 9.17) is 21.9 Å². The Balaban J connectivity index is 0.000000140. The molecule has 5 aliphatic rings.